The first-order valence-electron chi connectivity index (χ1n) is 6.34. The van der Waals surface area contributed by atoms with Crippen molar-refractivity contribution in [3.63, 3.8) is 0 Å². The third-order valence-corrected chi connectivity index (χ3v) is 3.67. The average Bonchev–Trinajstić information content (AvgIpc) is 2.72. The van der Waals surface area contributed by atoms with Gasteiger partial charge in [0, 0.05) is 17.5 Å². The molecule has 1 amide bonds. The number of aliphatic hydroxyl groups is 1. The number of amides is 1. The van der Waals surface area contributed by atoms with Crippen LogP contribution in [0.2, 0.25) is 5.02 Å². The summed E-state index contributed by atoms with van der Waals surface area (Å²) >= 11 is 5.86. The molecule has 2 unspecified atom stereocenters. The van der Waals surface area contributed by atoms with E-state index in [1.54, 1.807) is 12.1 Å². The summed E-state index contributed by atoms with van der Waals surface area (Å²) in [6, 6.07) is 7.31. The minimum Gasteiger partial charge on any atom is -0.393 e. The average molecular weight is 268 g/mol. The summed E-state index contributed by atoms with van der Waals surface area (Å²) in [6.45, 7) is 0.570. The van der Waals surface area contributed by atoms with Crippen LogP contribution in [0.5, 0.6) is 0 Å². The van der Waals surface area contributed by atoms with E-state index in [0.717, 1.165) is 24.8 Å². The van der Waals surface area contributed by atoms with Crippen molar-refractivity contribution >= 4 is 17.5 Å². The van der Waals surface area contributed by atoms with Crippen molar-refractivity contribution in [3.05, 3.63) is 34.9 Å². The number of hydrogen-bond acceptors (Lipinski definition) is 2. The number of carbonyl (C=O) groups excluding carboxylic acids is 1. The van der Waals surface area contributed by atoms with Crippen molar-refractivity contribution < 1.29 is 9.90 Å². The molecule has 1 saturated carbocycles. The van der Waals surface area contributed by atoms with Crippen molar-refractivity contribution in [2.75, 3.05) is 6.54 Å². The van der Waals surface area contributed by atoms with Gasteiger partial charge in [0.25, 0.3) is 0 Å². The van der Waals surface area contributed by atoms with E-state index in [9.17, 15) is 9.90 Å². The van der Waals surface area contributed by atoms with E-state index < -0.39 is 0 Å². The van der Waals surface area contributed by atoms with Crippen molar-refractivity contribution in [2.45, 2.75) is 31.8 Å². The van der Waals surface area contributed by atoms with E-state index in [1.165, 1.54) is 0 Å². The molecule has 0 bridgehead atoms. The Balaban J connectivity index is 1.78. The van der Waals surface area contributed by atoms with Crippen LogP contribution in [0.4, 0.5) is 0 Å². The second-order valence-corrected chi connectivity index (χ2v) is 5.31. The molecule has 2 rings (SSSR count). The fourth-order valence-corrected chi connectivity index (χ4v) is 2.61. The SMILES string of the molecule is O=C(Cc1cccc(Cl)c1)NCC1CCCC1O. The van der Waals surface area contributed by atoms with Crippen LogP contribution in [0.25, 0.3) is 0 Å². The van der Waals surface area contributed by atoms with Gasteiger partial charge in [0.1, 0.15) is 0 Å². The molecule has 0 aromatic heterocycles. The quantitative estimate of drug-likeness (QED) is 0.878. The Morgan fingerprint density at radius 3 is 2.94 bits per heavy atom. The number of benzene rings is 1. The molecular weight excluding hydrogens is 250 g/mol. The number of aliphatic hydroxyl groups excluding tert-OH is 1. The number of rotatable bonds is 4. The van der Waals surface area contributed by atoms with E-state index in [2.05, 4.69) is 5.32 Å². The monoisotopic (exact) mass is 267 g/mol. The summed E-state index contributed by atoms with van der Waals surface area (Å²) in [5, 5.41) is 13.2. The van der Waals surface area contributed by atoms with Crippen molar-refractivity contribution in [1.29, 1.82) is 0 Å². The van der Waals surface area contributed by atoms with Gasteiger partial charge in [-0.15, -0.1) is 0 Å². The largest absolute Gasteiger partial charge is 0.393 e. The van der Waals surface area contributed by atoms with Crippen LogP contribution in [0.15, 0.2) is 24.3 Å². The molecule has 2 atom stereocenters. The number of nitrogens with one attached hydrogen (secondary N) is 1. The van der Waals surface area contributed by atoms with E-state index in [1.807, 2.05) is 12.1 Å². The molecule has 0 spiro atoms. The predicted octanol–water partition coefficient (Wildman–Crippen LogP) is 2.16. The smallest absolute Gasteiger partial charge is 0.224 e. The highest BCUT2D eigenvalue weighted by Gasteiger charge is 2.25. The molecule has 1 aromatic carbocycles. The van der Waals surface area contributed by atoms with Crippen LogP contribution in [0, 0.1) is 5.92 Å². The first-order chi connectivity index (χ1) is 8.65. The Bertz CT molecular complexity index is 422. The molecule has 1 fully saturated rings. The van der Waals surface area contributed by atoms with Gasteiger partial charge in [0.2, 0.25) is 5.91 Å². The van der Waals surface area contributed by atoms with E-state index in [-0.39, 0.29) is 17.9 Å². The third kappa shape index (κ3) is 3.72. The van der Waals surface area contributed by atoms with Crippen molar-refractivity contribution in [3.8, 4) is 0 Å². The van der Waals surface area contributed by atoms with Gasteiger partial charge in [0.15, 0.2) is 0 Å². The van der Waals surface area contributed by atoms with Crippen LogP contribution < -0.4 is 5.32 Å². The predicted molar refractivity (Wildman–Crippen MR) is 71.5 cm³/mol. The molecule has 4 heteroatoms. The van der Waals surface area contributed by atoms with E-state index in [4.69, 9.17) is 11.6 Å². The highest BCUT2D eigenvalue weighted by Crippen LogP contribution is 2.24. The fourth-order valence-electron chi connectivity index (χ4n) is 2.40. The van der Waals surface area contributed by atoms with E-state index in [0.29, 0.717) is 18.0 Å². The summed E-state index contributed by atoms with van der Waals surface area (Å²) in [7, 11) is 0. The standard InChI is InChI=1S/C14H18ClNO2/c15-12-5-1-3-10(7-12)8-14(18)16-9-11-4-2-6-13(11)17/h1,3,5,7,11,13,17H,2,4,6,8-9H2,(H,16,18). The van der Waals surface area contributed by atoms with Crippen LogP contribution in [-0.2, 0) is 11.2 Å². The lowest BCUT2D eigenvalue weighted by Gasteiger charge is -2.15. The van der Waals surface area contributed by atoms with E-state index >= 15 is 0 Å². The molecule has 18 heavy (non-hydrogen) atoms. The van der Waals surface area contributed by atoms with Gasteiger partial charge in [-0.3, -0.25) is 4.79 Å². The molecule has 1 aliphatic rings. The molecule has 2 N–H and O–H groups in total. The molecule has 98 valence electrons. The Kier molecular flexibility index (Phi) is 4.61. The zero-order valence-corrected chi connectivity index (χ0v) is 11.0. The first kappa shape index (κ1) is 13.4. The van der Waals surface area contributed by atoms with Gasteiger partial charge < -0.3 is 10.4 Å². The summed E-state index contributed by atoms with van der Waals surface area (Å²) in [5.74, 6) is 0.199. The maximum atomic E-state index is 11.8. The minimum absolute atomic E-state index is 0.0173. The lowest BCUT2D eigenvalue weighted by molar-refractivity contribution is -0.120. The molecule has 0 heterocycles. The molecule has 0 saturated heterocycles. The Labute approximate surface area is 112 Å². The van der Waals surface area contributed by atoms with Gasteiger partial charge in [0.05, 0.1) is 12.5 Å². The van der Waals surface area contributed by atoms with Crippen LogP contribution >= 0.6 is 11.6 Å². The number of halogens is 1. The normalized spacial score (nSPS) is 23.0. The van der Waals surface area contributed by atoms with Gasteiger partial charge >= 0.3 is 0 Å². The number of hydrogen-bond donors (Lipinski definition) is 2. The Morgan fingerprint density at radius 2 is 2.28 bits per heavy atom. The Morgan fingerprint density at radius 1 is 1.44 bits per heavy atom. The second-order valence-electron chi connectivity index (χ2n) is 4.87. The number of carbonyl (C=O) groups is 1. The second kappa shape index (κ2) is 6.21. The summed E-state index contributed by atoms with van der Waals surface area (Å²) in [5.41, 5.74) is 0.909. The summed E-state index contributed by atoms with van der Waals surface area (Å²) in [4.78, 5) is 11.8. The maximum absolute atomic E-state index is 11.8. The third-order valence-electron chi connectivity index (χ3n) is 3.43. The molecule has 1 aliphatic carbocycles. The van der Waals surface area contributed by atoms with Crippen LogP contribution in [0.3, 0.4) is 0 Å². The lowest BCUT2D eigenvalue weighted by Crippen LogP contribution is -2.33. The van der Waals surface area contributed by atoms with Gasteiger partial charge in [-0.2, -0.15) is 0 Å². The van der Waals surface area contributed by atoms with Crippen LogP contribution in [0.1, 0.15) is 24.8 Å². The fraction of sp³-hybridized carbons (Fsp3) is 0.500. The van der Waals surface area contributed by atoms with Crippen molar-refractivity contribution in [1.82, 2.24) is 5.32 Å². The van der Waals surface area contributed by atoms with Gasteiger partial charge in [-0.1, -0.05) is 30.2 Å². The summed E-state index contributed by atoms with van der Waals surface area (Å²) < 4.78 is 0. The highest BCUT2D eigenvalue weighted by atomic mass is 35.5. The molecule has 1 aromatic rings. The minimum atomic E-state index is -0.253. The topological polar surface area (TPSA) is 49.3 Å². The Hall–Kier alpha value is -1.06. The zero-order valence-electron chi connectivity index (χ0n) is 10.2. The zero-order chi connectivity index (χ0) is 13.0. The summed E-state index contributed by atoms with van der Waals surface area (Å²) in [6.07, 6.45) is 2.99. The lowest BCUT2D eigenvalue weighted by atomic mass is 10.1. The first-order valence-corrected chi connectivity index (χ1v) is 6.72. The van der Waals surface area contributed by atoms with Gasteiger partial charge in [-0.25, -0.2) is 0 Å². The molecule has 3 nitrogen and oxygen atoms in total. The van der Waals surface area contributed by atoms with Crippen LogP contribution in [-0.4, -0.2) is 23.7 Å². The highest BCUT2D eigenvalue weighted by molar-refractivity contribution is 6.30. The molecule has 0 radical (unpaired) electrons. The molecule has 0 aliphatic heterocycles. The maximum Gasteiger partial charge on any atom is 0.224 e. The van der Waals surface area contributed by atoms with Gasteiger partial charge in [-0.05, 0) is 30.5 Å². The van der Waals surface area contributed by atoms with Crippen molar-refractivity contribution in [2.24, 2.45) is 5.92 Å². The molecular formula is C14H18ClNO2.